The Balaban J connectivity index is 1.47. The Bertz CT molecular complexity index is 1450. The topological polar surface area (TPSA) is 134 Å². The van der Waals surface area contributed by atoms with Crippen molar-refractivity contribution in [3.8, 4) is 5.88 Å². The van der Waals surface area contributed by atoms with Crippen LogP contribution in [0.3, 0.4) is 0 Å². The van der Waals surface area contributed by atoms with Crippen molar-refractivity contribution >= 4 is 23.7 Å². The van der Waals surface area contributed by atoms with Gasteiger partial charge < -0.3 is 29.0 Å². The lowest BCUT2D eigenvalue weighted by Gasteiger charge is -2.48. The highest BCUT2D eigenvalue weighted by molar-refractivity contribution is 5.97. The number of hydrogen-bond acceptors (Lipinski definition) is 10. The van der Waals surface area contributed by atoms with E-state index in [0.29, 0.717) is 49.7 Å². The fourth-order valence-electron chi connectivity index (χ4n) is 6.84. The van der Waals surface area contributed by atoms with Crippen LogP contribution in [-0.4, -0.2) is 133 Å². The SMILES string of the molecule is COCC1COc2nc(COC(C)=O)c(Cc3ccc(F)cc3)cc2N1C(=O)CN1C[C@@H](C)N(C(=O)O)C[C@@H]1CN1[C@H](C)COC[C@H]1C. The van der Waals surface area contributed by atoms with Crippen LogP contribution in [0.4, 0.5) is 14.9 Å². The molecule has 1 N–H and O–H groups in total. The summed E-state index contributed by atoms with van der Waals surface area (Å²) in [6.45, 7) is 10.1. The van der Waals surface area contributed by atoms with Gasteiger partial charge in [0.15, 0.2) is 0 Å². The lowest BCUT2D eigenvalue weighted by molar-refractivity contribution is -0.142. The summed E-state index contributed by atoms with van der Waals surface area (Å²) in [4.78, 5) is 50.6. The zero-order chi connectivity index (χ0) is 34.5. The number of esters is 1. The van der Waals surface area contributed by atoms with Gasteiger partial charge in [0.05, 0.1) is 38.1 Å². The Kier molecular flexibility index (Phi) is 11.5. The molecule has 0 radical (unpaired) electrons. The second kappa shape index (κ2) is 15.6. The first-order valence-corrected chi connectivity index (χ1v) is 16.4. The van der Waals surface area contributed by atoms with Gasteiger partial charge in [0.2, 0.25) is 11.8 Å². The van der Waals surface area contributed by atoms with E-state index in [4.69, 9.17) is 23.9 Å². The van der Waals surface area contributed by atoms with Crippen LogP contribution < -0.4 is 9.64 Å². The number of carboxylic acid groups (broad SMARTS) is 1. The van der Waals surface area contributed by atoms with Gasteiger partial charge in [-0.1, -0.05) is 12.1 Å². The summed E-state index contributed by atoms with van der Waals surface area (Å²) in [5, 5.41) is 9.97. The number of fused-ring (bicyclic) bond motifs is 1. The summed E-state index contributed by atoms with van der Waals surface area (Å²) in [5.41, 5.74) is 2.43. The first-order valence-electron chi connectivity index (χ1n) is 16.4. The van der Waals surface area contributed by atoms with Gasteiger partial charge >= 0.3 is 12.1 Å². The summed E-state index contributed by atoms with van der Waals surface area (Å²) in [5.74, 6) is -0.789. The molecule has 0 spiro atoms. The molecule has 2 amide bonds. The fourth-order valence-corrected chi connectivity index (χ4v) is 6.84. The molecule has 262 valence electrons. The van der Waals surface area contributed by atoms with E-state index in [1.54, 1.807) is 24.1 Å². The number of carbonyl (C=O) groups excluding carboxylic acids is 2. The van der Waals surface area contributed by atoms with Crippen molar-refractivity contribution in [1.29, 1.82) is 0 Å². The first kappa shape index (κ1) is 35.5. The summed E-state index contributed by atoms with van der Waals surface area (Å²) in [6.07, 6.45) is -0.631. The maximum atomic E-state index is 14.5. The number of carbonyl (C=O) groups is 3. The predicted molar refractivity (Wildman–Crippen MR) is 174 cm³/mol. The quantitative estimate of drug-likeness (QED) is 0.374. The average molecular weight is 672 g/mol. The number of benzene rings is 1. The Morgan fingerprint density at radius 2 is 1.73 bits per heavy atom. The predicted octanol–water partition coefficient (Wildman–Crippen LogP) is 2.78. The Hall–Kier alpha value is -3.85. The monoisotopic (exact) mass is 671 g/mol. The van der Waals surface area contributed by atoms with Gasteiger partial charge in [0.1, 0.15) is 24.7 Å². The number of hydrogen-bond donors (Lipinski definition) is 1. The van der Waals surface area contributed by atoms with Crippen LogP contribution >= 0.6 is 0 Å². The number of methoxy groups -OCH3 is 1. The highest BCUT2D eigenvalue weighted by Crippen LogP contribution is 2.36. The molecule has 3 aliphatic heterocycles. The molecule has 4 heterocycles. The van der Waals surface area contributed by atoms with Gasteiger partial charge in [0.25, 0.3) is 0 Å². The number of ether oxygens (including phenoxy) is 4. The van der Waals surface area contributed by atoms with E-state index in [2.05, 4.69) is 23.6 Å². The lowest BCUT2D eigenvalue weighted by Crippen LogP contribution is -2.65. The largest absolute Gasteiger partial charge is 0.474 e. The van der Waals surface area contributed by atoms with Crippen molar-refractivity contribution in [2.45, 2.75) is 70.9 Å². The van der Waals surface area contributed by atoms with Crippen molar-refractivity contribution in [1.82, 2.24) is 19.7 Å². The van der Waals surface area contributed by atoms with Crippen molar-refractivity contribution < 1.29 is 42.8 Å². The Morgan fingerprint density at radius 3 is 2.38 bits per heavy atom. The van der Waals surface area contributed by atoms with Gasteiger partial charge in [-0.2, -0.15) is 0 Å². The fraction of sp³-hybridized carbons (Fsp3) is 0.588. The van der Waals surface area contributed by atoms with E-state index in [0.717, 1.165) is 5.56 Å². The average Bonchev–Trinajstić information content (AvgIpc) is 3.03. The number of aromatic nitrogens is 1. The molecule has 2 saturated heterocycles. The molecule has 0 saturated carbocycles. The third-order valence-electron chi connectivity index (χ3n) is 9.33. The van der Waals surface area contributed by atoms with Crippen LogP contribution in [0.25, 0.3) is 0 Å². The van der Waals surface area contributed by atoms with Crippen LogP contribution in [-0.2, 0) is 36.8 Å². The highest BCUT2D eigenvalue weighted by Gasteiger charge is 2.41. The molecule has 5 atom stereocenters. The minimum absolute atomic E-state index is 0.0394. The number of halogens is 1. The number of nitrogens with zero attached hydrogens (tertiary/aromatic N) is 5. The molecule has 48 heavy (non-hydrogen) atoms. The lowest BCUT2D eigenvalue weighted by atomic mass is 10.0. The summed E-state index contributed by atoms with van der Waals surface area (Å²) < 4.78 is 36.3. The third-order valence-corrected chi connectivity index (χ3v) is 9.33. The van der Waals surface area contributed by atoms with Gasteiger partial charge in [-0.25, -0.2) is 14.2 Å². The van der Waals surface area contributed by atoms with Crippen LogP contribution in [0.1, 0.15) is 44.5 Å². The zero-order valence-corrected chi connectivity index (χ0v) is 28.3. The Labute approximate surface area is 280 Å². The van der Waals surface area contributed by atoms with Crippen LogP contribution in [0.15, 0.2) is 30.3 Å². The number of anilines is 1. The summed E-state index contributed by atoms with van der Waals surface area (Å²) >= 11 is 0. The Morgan fingerprint density at radius 1 is 1.02 bits per heavy atom. The number of piperazine rings is 1. The second-order valence-corrected chi connectivity index (χ2v) is 13.0. The molecule has 0 bridgehead atoms. The van der Waals surface area contributed by atoms with Crippen LogP contribution in [0.5, 0.6) is 5.88 Å². The number of rotatable bonds is 10. The van der Waals surface area contributed by atoms with Crippen LogP contribution in [0, 0.1) is 5.82 Å². The molecule has 2 aromatic rings. The summed E-state index contributed by atoms with van der Waals surface area (Å²) in [6, 6.07) is 7.21. The van der Waals surface area contributed by atoms with Crippen molar-refractivity contribution in [2.24, 2.45) is 0 Å². The third kappa shape index (κ3) is 8.23. The molecule has 3 aliphatic rings. The number of pyridine rings is 1. The highest BCUT2D eigenvalue weighted by atomic mass is 19.1. The molecule has 5 rings (SSSR count). The van der Waals surface area contributed by atoms with Crippen molar-refractivity contribution in [3.63, 3.8) is 0 Å². The molecule has 1 aromatic carbocycles. The normalized spacial score (nSPS) is 24.9. The molecule has 14 heteroatoms. The number of amides is 2. The van der Waals surface area contributed by atoms with Gasteiger partial charge in [-0.15, -0.1) is 0 Å². The molecule has 0 aliphatic carbocycles. The molecule has 1 unspecified atom stereocenters. The van der Waals surface area contributed by atoms with E-state index < -0.39 is 18.1 Å². The molecule has 13 nitrogen and oxygen atoms in total. The maximum Gasteiger partial charge on any atom is 0.407 e. The van der Waals surface area contributed by atoms with E-state index in [1.807, 2.05) is 13.0 Å². The van der Waals surface area contributed by atoms with Crippen molar-refractivity contribution in [2.75, 3.05) is 64.6 Å². The van der Waals surface area contributed by atoms with Crippen LogP contribution in [0.2, 0.25) is 0 Å². The second-order valence-electron chi connectivity index (χ2n) is 13.0. The molecular formula is C34H46FN5O8. The summed E-state index contributed by atoms with van der Waals surface area (Å²) in [7, 11) is 1.56. The van der Waals surface area contributed by atoms with Gasteiger partial charge in [-0.3, -0.25) is 24.3 Å². The zero-order valence-electron chi connectivity index (χ0n) is 28.3. The van der Waals surface area contributed by atoms with E-state index >= 15 is 0 Å². The molecule has 1 aromatic heterocycles. The van der Waals surface area contributed by atoms with E-state index in [-0.39, 0.29) is 74.7 Å². The smallest absolute Gasteiger partial charge is 0.407 e. The van der Waals surface area contributed by atoms with Gasteiger partial charge in [0, 0.05) is 57.8 Å². The van der Waals surface area contributed by atoms with E-state index in [9.17, 15) is 23.9 Å². The minimum atomic E-state index is -0.979. The molecule has 2 fully saturated rings. The first-order chi connectivity index (χ1) is 22.9. The standard InChI is InChI=1S/C34H46FN5O8/c1-21-12-37(28(14-39(21)34(43)44)13-38-22(2)16-46-17-23(38)3)15-32(42)40-29(18-45-5)19-48-33-31(40)11-26(30(36-33)20-47-24(4)41)10-25-6-8-27(35)9-7-25/h6-9,11,21-23,28-29H,10,12-20H2,1-5H3,(H,43,44)/t21-,22-,23-,28+,29?/m1/s1. The van der Waals surface area contributed by atoms with Crippen molar-refractivity contribution in [3.05, 3.63) is 53.0 Å². The maximum absolute atomic E-state index is 14.5. The van der Waals surface area contributed by atoms with Gasteiger partial charge in [-0.05, 0) is 56.5 Å². The molecular weight excluding hydrogens is 625 g/mol. The minimum Gasteiger partial charge on any atom is -0.474 e. The number of morpholine rings is 1. The van der Waals surface area contributed by atoms with E-state index in [1.165, 1.54) is 24.0 Å².